The molecule has 0 fully saturated rings. The molecule has 2 aromatic carbocycles. The maximum absolute atomic E-state index is 5.16. The number of hydrogen-bond acceptors (Lipinski definition) is 2. The van der Waals surface area contributed by atoms with Crippen molar-refractivity contribution in [1.29, 1.82) is 0 Å². The number of hydrogen-bond donors (Lipinski definition) is 1. The molecule has 0 saturated carbocycles. The molecule has 1 unspecified atom stereocenters. The van der Waals surface area contributed by atoms with Gasteiger partial charge in [-0.15, -0.1) is 6.58 Å². The molecule has 1 atom stereocenters. The van der Waals surface area contributed by atoms with Gasteiger partial charge in [0.05, 0.1) is 13.2 Å². The molecule has 0 aliphatic carbocycles. The Morgan fingerprint density at radius 1 is 1.11 bits per heavy atom. The van der Waals surface area contributed by atoms with E-state index in [1.165, 1.54) is 5.56 Å². The fraction of sp³-hybridized carbons (Fsp3) is 0.176. The van der Waals surface area contributed by atoms with E-state index in [0.717, 1.165) is 17.9 Å². The van der Waals surface area contributed by atoms with Crippen LogP contribution < -0.4 is 10.1 Å². The van der Waals surface area contributed by atoms with Gasteiger partial charge in [0.25, 0.3) is 0 Å². The van der Waals surface area contributed by atoms with Crippen LogP contribution in [0.25, 0.3) is 0 Å². The maximum Gasteiger partial charge on any atom is 0.119 e. The zero-order valence-corrected chi connectivity index (χ0v) is 11.2. The van der Waals surface area contributed by atoms with Gasteiger partial charge in [0.15, 0.2) is 0 Å². The summed E-state index contributed by atoms with van der Waals surface area (Å²) in [7, 11) is 1.67. The highest BCUT2D eigenvalue weighted by atomic mass is 16.5. The average molecular weight is 253 g/mol. The molecule has 0 bridgehead atoms. The van der Waals surface area contributed by atoms with Crippen LogP contribution in [0.1, 0.15) is 18.0 Å². The summed E-state index contributed by atoms with van der Waals surface area (Å²) in [5.41, 5.74) is 2.34. The molecule has 0 radical (unpaired) electrons. The number of anilines is 1. The molecule has 2 aromatic rings. The van der Waals surface area contributed by atoms with Gasteiger partial charge >= 0.3 is 0 Å². The Labute approximate surface area is 114 Å². The van der Waals surface area contributed by atoms with E-state index in [1.54, 1.807) is 7.11 Å². The lowest BCUT2D eigenvalue weighted by Gasteiger charge is -2.19. The Morgan fingerprint density at radius 2 is 1.79 bits per heavy atom. The summed E-state index contributed by atoms with van der Waals surface area (Å²) >= 11 is 0. The average Bonchev–Trinajstić information content (AvgIpc) is 2.48. The summed E-state index contributed by atoms with van der Waals surface area (Å²) in [5.74, 6) is 0.866. The third-order valence-electron chi connectivity index (χ3n) is 3.04. The summed E-state index contributed by atoms with van der Waals surface area (Å²) < 4.78 is 5.16. The lowest BCUT2D eigenvalue weighted by molar-refractivity contribution is 0.415. The fourth-order valence-electron chi connectivity index (χ4n) is 2.02. The number of rotatable bonds is 6. The summed E-state index contributed by atoms with van der Waals surface area (Å²) in [6.07, 6.45) is 2.82. The smallest absolute Gasteiger partial charge is 0.119 e. The van der Waals surface area contributed by atoms with Gasteiger partial charge in [-0.25, -0.2) is 0 Å². The zero-order valence-electron chi connectivity index (χ0n) is 11.2. The van der Waals surface area contributed by atoms with Gasteiger partial charge < -0.3 is 10.1 Å². The van der Waals surface area contributed by atoms with Crippen LogP contribution in [0.5, 0.6) is 5.75 Å². The topological polar surface area (TPSA) is 21.3 Å². The second-order valence-electron chi connectivity index (χ2n) is 4.36. The minimum atomic E-state index is 0.243. The summed E-state index contributed by atoms with van der Waals surface area (Å²) in [4.78, 5) is 0. The van der Waals surface area contributed by atoms with E-state index < -0.39 is 0 Å². The molecular formula is C17H19NO. The predicted molar refractivity (Wildman–Crippen MR) is 80.6 cm³/mol. The second-order valence-corrected chi connectivity index (χ2v) is 4.36. The molecule has 0 aliphatic heterocycles. The van der Waals surface area contributed by atoms with Crippen LogP contribution in [0, 0.1) is 0 Å². The SMILES string of the molecule is C=CCC(Nc1ccc(OC)cc1)c1ccccc1. The van der Waals surface area contributed by atoms with E-state index in [0.29, 0.717) is 0 Å². The highest BCUT2D eigenvalue weighted by molar-refractivity contribution is 5.48. The second kappa shape index (κ2) is 6.64. The largest absolute Gasteiger partial charge is 0.497 e. The third kappa shape index (κ3) is 3.62. The first-order valence-corrected chi connectivity index (χ1v) is 6.40. The van der Waals surface area contributed by atoms with Gasteiger partial charge in [-0.2, -0.15) is 0 Å². The van der Waals surface area contributed by atoms with Gasteiger partial charge in [-0.1, -0.05) is 36.4 Å². The van der Waals surface area contributed by atoms with Crippen LogP contribution in [-0.4, -0.2) is 7.11 Å². The summed E-state index contributed by atoms with van der Waals surface area (Å²) in [6.45, 7) is 3.83. The molecule has 0 saturated heterocycles. The molecule has 0 amide bonds. The van der Waals surface area contributed by atoms with Crippen LogP contribution in [0.4, 0.5) is 5.69 Å². The first kappa shape index (κ1) is 13.2. The van der Waals surface area contributed by atoms with Crippen molar-refractivity contribution in [3.8, 4) is 5.75 Å². The Bertz CT molecular complexity index is 505. The molecule has 19 heavy (non-hydrogen) atoms. The summed E-state index contributed by atoms with van der Waals surface area (Å²) in [6, 6.07) is 18.6. The van der Waals surface area contributed by atoms with E-state index in [4.69, 9.17) is 4.74 Å². The van der Waals surface area contributed by atoms with Crippen molar-refractivity contribution in [3.05, 3.63) is 72.8 Å². The normalized spacial score (nSPS) is 11.6. The highest BCUT2D eigenvalue weighted by Gasteiger charge is 2.09. The zero-order chi connectivity index (χ0) is 13.5. The number of nitrogens with one attached hydrogen (secondary N) is 1. The quantitative estimate of drug-likeness (QED) is 0.769. The van der Waals surface area contributed by atoms with Crippen molar-refractivity contribution in [1.82, 2.24) is 0 Å². The van der Waals surface area contributed by atoms with Gasteiger partial charge in [0.2, 0.25) is 0 Å². The van der Waals surface area contributed by atoms with Gasteiger partial charge in [-0.05, 0) is 36.2 Å². The molecule has 2 nitrogen and oxygen atoms in total. The molecule has 2 rings (SSSR count). The van der Waals surface area contributed by atoms with E-state index >= 15 is 0 Å². The Balaban J connectivity index is 2.14. The van der Waals surface area contributed by atoms with Crippen molar-refractivity contribution in [2.24, 2.45) is 0 Å². The lowest BCUT2D eigenvalue weighted by Crippen LogP contribution is -2.09. The van der Waals surface area contributed by atoms with Crippen LogP contribution in [0.15, 0.2) is 67.3 Å². The Kier molecular flexibility index (Phi) is 4.62. The highest BCUT2D eigenvalue weighted by Crippen LogP contribution is 2.24. The number of benzene rings is 2. The van der Waals surface area contributed by atoms with Crippen molar-refractivity contribution < 1.29 is 4.74 Å². The predicted octanol–water partition coefficient (Wildman–Crippen LogP) is 4.42. The molecule has 98 valence electrons. The maximum atomic E-state index is 5.16. The number of methoxy groups -OCH3 is 1. The van der Waals surface area contributed by atoms with Crippen molar-refractivity contribution in [2.75, 3.05) is 12.4 Å². The first-order valence-electron chi connectivity index (χ1n) is 6.40. The van der Waals surface area contributed by atoms with E-state index in [9.17, 15) is 0 Å². The van der Waals surface area contributed by atoms with Gasteiger partial charge in [-0.3, -0.25) is 0 Å². The molecule has 0 aromatic heterocycles. The van der Waals surface area contributed by atoms with Gasteiger partial charge in [0.1, 0.15) is 5.75 Å². The van der Waals surface area contributed by atoms with E-state index in [1.807, 2.05) is 36.4 Å². The van der Waals surface area contributed by atoms with Crippen molar-refractivity contribution in [2.45, 2.75) is 12.5 Å². The van der Waals surface area contributed by atoms with Crippen LogP contribution in [0.2, 0.25) is 0 Å². The lowest BCUT2D eigenvalue weighted by atomic mass is 10.0. The Morgan fingerprint density at radius 3 is 2.37 bits per heavy atom. The molecular weight excluding hydrogens is 234 g/mol. The van der Waals surface area contributed by atoms with Crippen molar-refractivity contribution >= 4 is 5.69 Å². The molecule has 0 heterocycles. The van der Waals surface area contributed by atoms with Crippen LogP contribution in [0.3, 0.4) is 0 Å². The molecule has 0 aliphatic rings. The standard InChI is InChI=1S/C17H19NO/c1-3-7-17(14-8-5-4-6-9-14)18-15-10-12-16(19-2)13-11-15/h3-6,8-13,17-18H,1,7H2,2H3. The first-order chi connectivity index (χ1) is 9.33. The third-order valence-corrected chi connectivity index (χ3v) is 3.04. The molecule has 0 spiro atoms. The molecule has 1 N–H and O–H groups in total. The monoisotopic (exact) mass is 253 g/mol. The number of ether oxygens (including phenoxy) is 1. The summed E-state index contributed by atoms with van der Waals surface area (Å²) in [5, 5.41) is 3.52. The Hall–Kier alpha value is -2.22. The van der Waals surface area contributed by atoms with E-state index in [-0.39, 0.29) is 6.04 Å². The van der Waals surface area contributed by atoms with Crippen LogP contribution >= 0.6 is 0 Å². The minimum absolute atomic E-state index is 0.243. The fourth-order valence-corrected chi connectivity index (χ4v) is 2.02. The van der Waals surface area contributed by atoms with Crippen molar-refractivity contribution in [3.63, 3.8) is 0 Å². The minimum Gasteiger partial charge on any atom is -0.497 e. The van der Waals surface area contributed by atoms with Gasteiger partial charge in [0, 0.05) is 5.69 Å². The van der Waals surface area contributed by atoms with E-state index in [2.05, 4.69) is 36.2 Å². The van der Waals surface area contributed by atoms with Crippen LogP contribution in [-0.2, 0) is 0 Å². The molecule has 2 heteroatoms.